The third-order valence-electron chi connectivity index (χ3n) is 3.83. The van der Waals surface area contributed by atoms with Crippen LogP contribution >= 0.6 is 15.9 Å². The number of carbonyl (C=O) groups excluding carboxylic acids is 1. The molecule has 8 heteroatoms. The van der Waals surface area contributed by atoms with Crippen molar-refractivity contribution in [1.82, 2.24) is 10.0 Å². The zero-order valence-corrected chi connectivity index (χ0v) is 17.6. The van der Waals surface area contributed by atoms with Gasteiger partial charge in [0.1, 0.15) is 6.04 Å². The van der Waals surface area contributed by atoms with Crippen LogP contribution in [0.3, 0.4) is 0 Å². The number of amides is 1. The number of halogens is 1. The van der Waals surface area contributed by atoms with Gasteiger partial charge in [-0.1, -0.05) is 46.3 Å². The highest BCUT2D eigenvalue weighted by atomic mass is 79.9. The molecule has 0 spiro atoms. The van der Waals surface area contributed by atoms with Crippen LogP contribution in [0.5, 0.6) is 0 Å². The molecule has 0 fully saturated rings. The van der Waals surface area contributed by atoms with E-state index >= 15 is 0 Å². The molecule has 2 atom stereocenters. The van der Waals surface area contributed by atoms with Gasteiger partial charge < -0.3 is 10.1 Å². The summed E-state index contributed by atoms with van der Waals surface area (Å²) in [6.07, 6.45) is 0.238. The molecular formula is C19H23BrN2O4S. The molecule has 0 heterocycles. The fourth-order valence-electron chi connectivity index (χ4n) is 2.54. The maximum absolute atomic E-state index is 12.7. The van der Waals surface area contributed by atoms with Gasteiger partial charge in [-0.05, 0) is 43.2 Å². The molecule has 27 heavy (non-hydrogen) atoms. The Labute approximate surface area is 168 Å². The van der Waals surface area contributed by atoms with Gasteiger partial charge in [0.15, 0.2) is 0 Å². The summed E-state index contributed by atoms with van der Waals surface area (Å²) in [4.78, 5) is 12.8. The number of rotatable bonds is 9. The Bertz CT molecular complexity index is 842. The van der Waals surface area contributed by atoms with E-state index in [1.165, 1.54) is 12.1 Å². The monoisotopic (exact) mass is 454 g/mol. The van der Waals surface area contributed by atoms with Gasteiger partial charge in [-0.3, -0.25) is 4.79 Å². The Balaban J connectivity index is 2.22. The lowest BCUT2D eigenvalue weighted by Gasteiger charge is -2.21. The Hall–Kier alpha value is -1.74. The highest BCUT2D eigenvalue weighted by molar-refractivity contribution is 9.10. The topological polar surface area (TPSA) is 84.5 Å². The summed E-state index contributed by atoms with van der Waals surface area (Å²) in [5.41, 5.74) is 0.857. The van der Waals surface area contributed by atoms with E-state index in [1.807, 2.05) is 30.3 Å². The highest BCUT2D eigenvalue weighted by Crippen LogP contribution is 2.15. The smallest absolute Gasteiger partial charge is 0.241 e. The second kappa shape index (κ2) is 9.98. The lowest BCUT2D eigenvalue weighted by atomic mass is 10.1. The molecule has 0 saturated heterocycles. The van der Waals surface area contributed by atoms with Crippen LogP contribution < -0.4 is 10.0 Å². The van der Waals surface area contributed by atoms with E-state index in [-0.39, 0.29) is 17.4 Å². The molecule has 6 nitrogen and oxygen atoms in total. The number of ether oxygens (including phenoxy) is 1. The van der Waals surface area contributed by atoms with Crippen LogP contribution in [0, 0.1) is 0 Å². The number of hydrogen-bond donors (Lipinski definition) is 2. The second-order valence-electron chi connectivity index (χ2n) is 6.18. The first kappa shape index (κ1) is 21.6. The Kier molecular flexibility index (Phi) is 7.97. The van der Waals surface area contributed by atoms with E-state index in [2.05, 4.69) is 26.0 Å². The van der Waals surface area contributed by atoms with E-state index in [4.69, 9.17) is 4.74 Å². The molecule has 146 valence electrons. The summed E-state index contributed by atoms with van der Waals surface area (Å²) in [6, 6.07) is 14.3. The van der Waals surface area contributed by atoms with Crippen LogP contribution in [-0.2, 0) is 26.0 Å². The van der Waals surface area contributed by atoms with Crippen LogP contribution in [0.4, 0.5) is 0 Å². The number of sulfonamides is 1. The molecule has 0 unspecified atom stereocenters. The maximum atomic E-state index is 12.7. The van der Waals surface area contributed by atoms with Gasteiger partial charge in [-0.15, -0.1) is 0 Å². The van der Waals surface area contributed by atoms with E-state index in [0.29, 0.717) is 6.61 Å². The largest absolute Gasteiger partial charge is 0.383 e. The number of carbonyl (C=O) groups is 1. The van der Waals surface area contributed by atoms with E-state index in [0.717, 1.165) is 10.0 Å². The molecule has 2 aromatic carbocycles. The van der Waals surface area contributed by atoms with E-state index in [9.17, 15) is 13.2 Å². The highest BCUT2D eigenvalue weighted by Gasteiger charge is 2.27. The van der Waals surface area contributed by atoms with Crippen molar-refractivity contribution in [3.8, 4) is 0 Å². The molecule has 2 rings (SSSR count). The number of nitrogens with one attached hydrogen (secondary N) is 2. The van der Waals surface area contributed by atoms with Gasteiger partial charge in [0.2, 0.25) is 15.9 Å². The first-order valence-electron chi connectivity index (χ1n) is 8.43. The number of methoxy groups -OCH3 is 1. The molecule has 2 aromatic rings. The fourth-order valence-corrected chi connectivity index (χ4v) is 4.00. The van der Waals surface area contributed by atoms with Gasteiger partial charge in [0.05, 0.1) is 11.5 Å². The minimum Gasteiger partial charge on any atom is -0.383 e. The minimum absolute atomic E-state index is 0.0986. The van der Waals surface area contributed by atoms with Crippen molar-refractivity contribution in [2.45, 2.75) is 30.3 Å². The van der Waals surface area contributed by atoms with Gasteiger partial charge >= 0.3 is 0 Å². The fraction of sp³-hybridized carbons (Fsp3) is 0.316. The van der Waals surface area contributed by atoms with Crippen molar-refractivity contribution in [1.29, 1.82) is 0 Å². The zero-order chi connectivity index (χ0) is 19.9. The molecule has 0 radical (unpaired) electrons. The molecular weight excluding hydrogens is 432 g/mol. The molecule has 0 aliphatic rings. The molecule has 1 amide bonds. The third kappa shape index (κ3) is 6.73. The summed E-state index contributed by atoms with van der Waals surface area (Å²) < 4.78 is 33.8. The molecule has 0 aromatic heterocycles. The maximum Gasteiger partial charge on any atom is 0.241 e. The van der Waals surface area contributed by atoms with Crippen molar-refractivity contribution < 1.29 is 17.9 Å². The quantitative estimate of drug-likeness (QED) is 0.609. The predicted molar refractivity (Wildman–Crippen MR) is 108 cm³/mol. The van der Waals surface area contributed by atoms with E-state index in [1.54, 1.807) is 26.2 Å². The normalized spacial score (nSPS) is 13.7. The van der Waals surface area contributed by atoms with Crippen LogP contribution in [0.1, 0.15) is 12.5 Å². The zero-order valence-electron chi connectivity index (χ0n) is 15.2. The summed E-state index contributed by atoms with van der Waals surface area (Å²) in [5.74, 6) is -0.399. The van der Waals surface area contributed by atoms with Crippen molar-refractivity contribution in [3.05, 3.63) is 64.6 Å². The summed E-state index contributed by atoms with van der Waals surface area (Å²) in [5, 5.41) is 2.79. The number of benzene rings is 2. The van der Waals surface area contributed by atoms with Crippen LogP contribution in [0.15, 0.2) is 64.0 Å². The van der Waals surface area contributed by atoms with Crippen LogP contribution in [0.25, 0.3) is 0 Å². The SMILES string of the molecule is COC[C@@H](C)NC(=O)[C@H](Cc1ccccc1)NS(=O)(=O)c1ccc(Br)cc1. The van der Waals surface area contributed by atoms with Crippen molar-refractivity contribution in [2.24, 2.45) is 0 Å². The first-order chi connectivity index (χ1) is 12.8. The Morgan fingerprint density at radius 3 is 2.33 bits per heavy atom. The van der Waals surface area contributed by atoms with Crippen molar-refractivity contribution >= 4 is 31.9 Å². The lowest BCUT2D eigenvalue weighted by Crippen LogP contribution is -2.50. The average Bonchev–Trinajstić information content (AvgIpc) is 2.62. The van der Waals surface area contributed by atoms with Gasteiger partial charge in [0, 0.05) is 17.6 Å². The van der Waals surface area contributed by atoms with E-state index < -0.39 is 22.0 Å². The van der Waals surface area contributed by atoms with Crippen LogP contribution in [0.2, 0.25) is 0 Å². The average molecular weight is 455 g/mol. The number of hydrogen-bond acceptors (Lipinski definition) is 4. The Morgan fingerprint density at radius 1 is 1.11 bits per heavy atom. The Morgan fingerprint density at radius 2 is 1.74 bits per heavy atom. The first-order valence-corrected chi connectivity index (χ1v) is 10.7. The van der Waals surface area contributed by atoms with Crippen molar-refractivity contribution in [3.63, 3.8) is 0 Å². The van der Waals surface area contributed by atoms with Crippen LogP contribution in [-0.4, -0.2) is 40.1 Å². The predicted octanol–water partition coefficient (Wildman–Crippen LogP) is 2.49. The standard InChI is InChI=1S/C19H23BrN2O4S/c1-14(13-26-2)21-19(23)18(12-15-6-4-3-5-7-15)22-27(24,25)17-10-8-16(20)9-11-17/h3-11,14,18,22H,12-13H2,1-2H3,(H,21,23)/t14-,18+/m1/s1. The minimum atomic E-state index is -3.85. The lowest BCUT2D eigenvalue weighted by molar-refractivity contribution is -0.123. The molecule has 2 N–H and O–H groups in total. The molecule has 0 aliphatic carbocycles. The molecule has 0 aliphatic heterocycles. The van der Waals surface area contributed by atoms with Gasteiger partial charge in [-0.25, -0.2) is 8.42 Å². The second-order valence-corrected chi connectivity index (χ2v) is 8.81. The third-order valence-corrected chi connectivity index (χ3v) is 5.84. The van der Waals surface area contributed by atoms with Gasteiger partial charge in [0.25, 0.3) is 0 Å². The molecule has 0 saturated carbocycles. The van der Waals surface area contributed by atoms with Crippen molar-refractivity contribution in [2.75, 3.05) is 13.7 Å². The van der Waals surface area contributed by atoms with Gasteiger partial charge in [-0.2, -0.15) is 4.72 Å². The summed E-state index contributed by atoms with van der Waals surface area (Å²) >= 11 is 3.28. The summed E-state index contributed by atoms with van der Waals surface area (Å²) in [6.45, 7) is 2.13. The summed E-state index contributed by atoms with van der Waals surface area (Å²) in [7, 11) is -2.31. The molecule has 0 bridgehead atoms.